The molecule has 8 N–H and O–H groups in total. The number of carbonyl (C=O) groups excluding carboxylic acids is 3. The summed E-state index contributed by atoms with van der Waals surface area (Å²) in [7, 11) is 0. The molecule has 0 aliphatic rings. The molecule has 0 fully saturated rings. The highest BCUT2D eigenvalue weighted by molar-refractivity contribution is 5.94. The van der Waals surface area contributed by atoms with E-state index >= 15 is 0 Å². The lowest BCUT2D eigenvalue weighted by molar-refractivity contribution is -0.140. The zero-order chi connectivity index (χ0) is 22.7. The van der Waals surface area contributed by atoms with Crippen LogP contribution in [0.1, 0.15) is 40.0 Å². The van der Waals surface area contributed by atoms with Crippen molar-refractivity contribution >= 4 is 29.7 Å². The predicted molar refractivity (Wildman–Crippen MR) is 100 cm³/mol. The molecule has 0 aromatic carbocycles. The van der Waals surface area contributed by atoms with Crippen LogP contribution in [0.5, 0.6) is 0 Å². The summed E-state index contributed by atoms with van der Waals surface area (Å²) in [5.41, 5.74) is 5.65. The Morgan fingerprint density at radius 1 is 0.897 bits per heavy atom. The van der Waals surface area contributed by atoms with Crippen LogP contribution >= 0.6 is 0 Å². The maximum Gasteiger partial charge on any atom is 0.322 e. The largest absolute Gasteiger partial charge is 0.481 e. The highest BCUT2D eigenvalue weighted by atomic mass is 16.4. The van der Waals surface area contributed by atoms with Crippen LogP contribution in [0.3, 0.4) is 0 Å². The summed E-state index contributed by atoms with van der Waals surface area (Å²) in [6, 6.07) is -3.68. The molecule has 0 aliphatic carbocycles. The summed E-state index contributed by atoms with van der Waals surface area (Å²) in [4.78, 5) is 58.1. The third-order valence-electron chi connectivity index (χ3n) is 4.28. The highest BCUT2D eigenvalue weighted by Crippen LogP contribution is 2.10. The number of aliphatic hydroxyl groups excluding tert-OH is 1. The van der Waals surface area contributed by atoms with Crippen LogP contribution in [0.25, 0.3) is 0 Å². The molecule has 166 valence electrons. The van der Waals surface area contributed by atoms with Gasteiger partial charge < -0.3 is 37.0 Å². The SMILES string of the molecule is CCC(C)C(NC(=O)C(N)CCC(=O)O)C(=O)NC(C(=O)NCC(=O)O)C(C)O. The lowest BCUT2D eigenvalue weighted by Crippen LogP contribution is -2.60. The standard InChI is InChI=1S/C17H30N4O8/c1-4-8(2)13(20-15(27)10(18)5-6-11(23)24)17(29)21-14(9(3)22)16(28)19-7-12(25)26/h8-10,13-14,22H,4-7,18H2,1-3H3,(H,19,28)(H,20,27)(H,21,29)(H,23,24)(H,25,26). The van der Waals surface area contributed by atoms with Gasteiger partial charge in [0.15, 0.2) is 0 Å². The lowest BCUT2D eigenvalue weighted by atomic mass is 9.97. The van der Waals surface area contributed by atoms with Crippen molar-refractivity contribution in [1.29, 1.82) is 0 Å². The van der Waals surface area contributed by atoms with E-state index < -0.39 is 60.4 Å². The van der Waals surface area contributed by atoms with Gasteiger partial charge >= 0.3 is 11.9 Å². The van der Waals surface area contributed by atoms with Gasteiger partial charge in [0.25, 0.3) is 0 Å². The summed E-state index contributed by atoms with van der Waals surface area (Å²) in [5.74, 6) is -5.18. The topological polar surface area (TPSA) is 208 Å². The number of amides is 3. The maximum absolute atomic E-state index is 12.7. The first-order valence-corrected chi connectivity index (χ1v) is 9.16. The van der Waals surface area contributed by atoms with Gasteiger partial charge in [-0.05, 0) is 19.3 Å². The number of aliphatic carboxylic acids is 2. The zero-order valence-corrected chi connectivity index (χ0v) is 16.7. The number of hydrogen-bond acceptors (Lipinski definition) is 7. The van der Waals surface area contributed by atoms with Crippen LogP contribution in [0, 0.1) is 5.92 Å². The van der Waals surface area contributed by atoms with Crippen molar-refractivity contribution in [1.82, 2.24) is 16.0 Å². The van der Waals surface area contributed by atoms with Gasteiger partial charge in [-0.3, -0.25) is 24.0 Å². The van der Waals surface area contributed by atoms with Crippen molar-refractivity contribution in [2.45, 2.75) is 64.3 Å². The molecule has 0 aromatic rings. The second kappa shape index (κ2) is 12.7. The third kappa shape index (κ3) is 9.85. The van der Waals surface area contributed by atoms with Crippen LogP contribution < -0.4 is 21.7 Å². The number of rotatable bonds is 13. The van der Waals surface area contributed by atoms with Gasteiger partial charge in [-0.15, -0.1) is 0 Å². The second-order valence-corrected chi connectivity index (χ2v) is 6.75. The molecule has 0 bridgehead atoms. The number of aliphatic hydroxyl groups is 1. The van der Waals surface area contributed by atoms with Crippen LogP contribution in [0.15, 0.2) is 0 Å². The fourth-order valence-electron chi connectivity index (χ4n) is 2.29. The van der Waals surface area contributed by atoms with E-state index in [1.165, 1.54) is 6.92 Å². The summed E-state index contributed by atoms with van der Waals surface area (Å²) in [6.07, 6.45) is -1.29. The van der Waals surface area contributed by atoms with Crippen LogP contribution in [0.4, 0.5) is 0 Å². The summed E-state index contributed by atoms with van der Waals surface area (Å²) in [6.45, 7) is 3.99. The number of carboxylic acid groups (broad SMARTS) is 2. The molecule has 5 unspecified atom stereocenters. The van der Waals surface area contributed by atoms with Gasteiger partial charge in [0.05, 0.1) is 12.1 Å². The molecule has 0 aliphatic heterocycles. The van der Waals surface area contributed by atoms with E-state index in [1.54, 1.807) is 13.8 Å². The normalized spacial score (nSPS) is 15.9. The molecule has 0 spiro atoms. The van der Waals surface area contributed by atoms with Crippen molar-refractivity contribution in [2.24, 2.45) is 11.7 Å². The highest BCUT2D eigenvalue weighted by Gasteiger charge is 2.33. The molecular weight excluding hydrogens is 388 g/mol. The van der Waals surface area contributed by atoms with Crippen molar-refractivity contribution in [2.75, 3.05) is 6.54 Å². The number of carbonyl (C=O) groups is 5. The van der Waals surface area contributed by atoms with E-state index in [2.05, 4.69) is 16.0 Å². The molecule has 3 amide bonds. The van der Waals surface area contributed by atoms with E-state index in [-0.39, 0.29) is 18.8 Å². The Bertz CT molecular complexity index is 610. The number of carboxylic acids is 2. The molecule has 0 saturated carbocycles. The minimum atomic E-state index is -1.44. The van der Waals surface area contributed by atoms with Crippen molar-refractivity contribution in [3.05, 3.63) is 0 Å². The van der Waals surface area contributed by atoms with E-state index in [4.69, 9.17) is 15.9 Å². The monoisotopic (exact) mass is 418 g/mol. The van der Waals surface area contributed by atoms with Gasteiger partial charge in [-0.25, -0.2) is 0 Å². The predicted octanol–water partition coefficient (Wildman–Crippen LogP) is -2.22. The Balaban J connectivity index is 5.21. The van der Waals surface area contributed by atoms with Crippen LogP contribution in [0.2, 0.25) is 0 Å². The molecule has 0 heterocycles. The fraction of sp³-hybridized carbons (Fsp3) is 0.706. The molecule has 29 heavy (non-hydrogen) atoms. The molecule has 0 aromatic heterocycles. The summed E-state index contributed by atoms with van der Waals surface area (Å²) in [5, 5.41) is 33.9. The molecule has 12 nitrogen and oxygen atoms in total. The Morgan fingerprint density at radius 3 is 1.90 bits per heavy atom. The van der Waals surface area contributed by atoms with Gasteiger partial charge in [0.1, 0.15) is 18.6 Å². The van der Waals surface area contributed by atoms with Gasteiger partial charge in [-0.2, -0.15) is 0 Å². The average molecular weight is 418 g/mol. The quantitative estimate of drug-likeness (QED) is 0.172. The third-order valence-corrected chi connectivity index (χ3v) is 4.28. The van der Waals surface area contributed by atoms with Crippen LogP contribution in [-0.4, -0.2) is 75.8 Å². The summed E-state index contributed by atoms with van der Waals surface area (Å²) >= 11 is 0. The number of nitrogens with one attached hydrogen (secondary N) is 3. The maximum atomic E-state index is 12.7. The number of nitrogens with two attached hydrogens (primary N) is 1. The zero-order valence-electron chi connectivity index (χ0n) is 16.7. The first kappa shape index (κ1) is 26.3. The van der Waals surface area contributed by atoms with Crippen molar-refractivity contribution < 1.29 is 39.3 Å². The van der Waals surface area contributed by atoms with Crippen molar-refractivity contribution in [3.63, 3.8) is 0 Å². The Hall–Kier alpha value is -2.73. The smallest absolute Gasteiger partial charge is 0.322 e. The minimum Gasteiger partial charge on any atom is -0.481 e. The lowest BCUT2D eigenvalue weighted by Gasteiger charge is -2.28. The molecule has 12 heteroatoms. The molecule has 0 rings (SSSR count). The average Bonchev–Trinajstić information content (AvgIpc) is 2.64. The molecular formula is C17H30N4O8. The molecule has 5 atom stereocenters. The Morgan fingerprint density at radius 2 is 1.45 bits per heavy atom. The fourth-order valence-corrected chi connectivity index (χ4v) is 2.29. The molecule has 0 radical (unpaired) electrons. The summed E-state index contributed by atoms with van der Waals surface area (Å²) < 4.78 is 0. The van der Waals surface area contributed by atoms with Gasteiger partial charge in [0.2, 0.25) is 17.7 Å². The van der Waals surface area contributed by atoms with Crippen molar-refractivity contribution in [3.8, 4) is 0 Å². The van der Waals surface area contributed by atoms with E-state index in [0.29, 0.717) is 6.42 Å². The van der Waals surface area contributed by atoms with E-state index in [1.807, 2.05) is 0 Å². The Labute approximate surface area is 168 Å². The van der Waals surface area contributed by atoms with Gasteiger partial charge in [-0.1, -0.05) is 20.3 Å². The first-order valence-electron chi connectivity index (χ1n) is 9.16. The minimum absolute atomic E-state index is 0.121. The van der Waals surface area contributed by atoms with Crippen LogP contribution in [-0.2, 0) is 24.0 Å². The second-order valence-electron chi connectivity index (χ2n) is 6.75. The van der Waals surface area contributed by atoms with E-state index in [0.717, 1.165) is 0 Å². The Kier molecular flexibility index (Phi) is 11.5. The van der Waals surface area contributed by atoms with E-state index in [9.17, 15) is 29.1 Å². The van der Waals surface area contributed by atoms with Gasteiger partial charge in [0, 0.05) is 6.42 Å². The first-order chi connectivity index (χ1) is 13.4. The molecule has 0 saturated heterocycles. The number of hydrogen-bond donors (Lipinski definition) is 7.